The molecule has 1 aliphatic heterocycles. The van der Waals surface area contributed by atoms with Crippen LogP contribution in [-0.4, -0.2) is 39.6 Å². The van der Waals surface area contributed by atoms with Crippen molar-refractivity contribution in [3.05, 3.63) is 64.1 Å². The van der Waals surface area contributed by atoms with Crippen molar-refractivity contribution in [3.8, 4) is 11.8 Å². The number of aromatic amines is 1. The molecule has 0 saturated carbocycles. The van der Waals surface area contributed by atoms with Gasteiger partial charge < -0.3 is 14.6 Å². The van der Waals surface area contributed by atoms with Crippen LogP contribution in [-0.2, 0) is 6.54 Å². The molecule has 0 bridgehead atoms. The monoisotopic (exact) mass is 362 g/mol. The van der Waals surface area contributed by atoms with E-state index in [0.29, 0.717) is 42.0 Å². The Hall–Kier alpha value is -3.53. The van der Waals surface area contributed by atoms with Crippen molar-refractivity contribution in [3.63, 3.8) is 0 Å². The third-order valence-corrected chi connectivity index (χ3v) is 4.74. The zero-order valence-electron chi connectivity index (χ0n) is 14.8. The fourth-order valence-electron chi connectivity index (χ4n) is 3.30. The molecule has 4 rings (SSSR count). The first-order chi connectivity index (χ1) is 13.1. The topological polar surface area (TPSA) is 91.1 Å². The Morgan fingerprint density at radius 3 is 2.85 bits per heavy atom. The number of carbonyl (C=O) groups is 1. The molecule has 7 nitrogen and oxygen atoms in total. The molecule has 1 fully saturated rings. The van der Waals surface area contributed by atoms with Crippen molar-refractivity contribution in [2.24, 2.45) is 0 Å². The Kier molecular flexibility index (Phi) is 4.16. The Morgan fingerprint density at radius 2 is 2.11 bits per heavy atom. The Bertz CT molecular complexity index is 1120. The summed E-state index contributed by atoms with van der Waals surface area (Å²) in [5, 5.41) is 8.94. The number of imidazole rings is 1. The third-order valence-electron chi connectivity index (χ3n) is 4.74. The van der Waals surface area contributed by atoms with Gasteiger partial charge in [0.05, 0.1) is 35.8 Å². The summed E-state index contributed by atoms with van der Waals surface area (Å²) in [5.41, 5.74) is 2.36. The van der Waals surface area contributed by atoms with Gasteiger partial charge in [-0.05, 0) is 43.3 Å². The molecule has 136 valence electrons. The zero-order valence-corrected chi connectivity index (χ0v) is 14.8. The molecule has 1 N–H and O–H groups in total. The van der Waals surface area contributed by atoms with Crippen LogP contribution in [0.4, 0.5) is 0 Å². The number of nitriles is 1. The lowest BCUT2D eigenvalue weighted by Gasteiger charge is -2.39. The summed E-state index contributed by atoms with van der Waals surface area (Å²) in [4.78, 5) is 29.0. The van der Waals surface area contributed by atoms with Gasteiger partial charge in [0.15, 0.2) is 0 Å². The fraction of sp³-hybridized carbons (Fsp3) is 0.250. The molecule has 0 aliphatic carbocycles. The van der Waals surface area contributed by atoms with E-state index in [1.165, 1.54) is 0 Å². The number of amides is 1. The van der Waals surface area contributed by atoms with E-state index in [2.05, 4.69) is 11.1 Å². The predicted octanol–water partition coefficient (Wildman–Crippen LogP) is 2.12. The standard InChI is InChI=1S/C20H18N4O3/c1-2-24-18-7-6-14(9-17(18)22-20(24)26)19(25)23-11-16(12-23)27-15-5-3-4-13(8-15)10-21/h3-9,16H,2,11-12H2,1H3,(H,22,26). The van der Waals surface area contributed by atoms with E-state index in [-0.39, 0.29) is 17.7 Å². The summed E-state index contributed by atoms with van der Waals surface area (Å²) in [6.07, 6.45) is -0.0902. The van der Waals surface area contributed by atoms with Crippen LogP contribution in [0.15, 0.2) is 47.3 Å². The van der Waals surface area contributed by atoms with E-state index < -0.39 is 0 Å². The highest BCUT2D eigenvalue weighted by molar-refractivity contribution is 5.97. The number of H-pyrrole nitrogens is 1. The number of aryl methyl sites for hydroxylation is 1. The Labute approximate surface area is 155 Å². The number of nitrogens with zero attached hydrogens (tertiary/aromatic N) is 3. The molecule has 0 atom stereocenters. The van der Waals surface area contributed by atoms with Crippen molar-refractivity contribution in [2.45, 2.75) is 19.6 Å². The molecule has 1 aromatic heterocycles. The van der Waals surface area contributed by atoms with E-state index in [4.69, 9.17) is 10.00 Å². The van der Waals surface area contributed by atoms with E-state index in [9.17, 15) is 9.59 Å². The van der Waals surface area contributed by atoms with Crippen molar-refractivity contribution in [1.82, 2.24) is 14.5 Å². The van der Waals surface area contributed by atoms with Crippen LogP contribution < -0.4 is 10.4 Å². The average Bonchev–Trinajstić information content (AvgIpc) is 2.98. The smallest absolute Gasteiger partial charge is 0.326 e. The number of fused-ring (bicyclic) bond motifs is 1. The second kappa shape index (κ2) is 6.65. The molecule has 0 spiro atoms. The highest BCUT2D eigenvalue weighted by Crippen LogP contribution is 2.22. The number of ether oxygens (including phenoxy) is 1. The van der Waals surface area contributed by atoms with E-state index >= 15 is 0 Å². The predicted molar refractivity (Wildman–Crippen MR) is 99.7 cm³/mol. The summed E-state index contributed by atoms with van der Waals surface area (Å²) in [6, 6.07) is 14.3. The quantitative estimate of drug-likeness (QED) is 0.770. The number of hydrogen-bond acceptors (Lipinski definition) is 4. The van der Waals surface area contributed by atoms with Crippen LogP contribution in [0.3, 0.4) is 0 Å². The van der Waals surface area contributed by atoms with Crippen molar-refractivity contribution in [2.75, 3.05) is 13.1 Å². The highest BCUT2D eigenvalue weighted by atomic mass is 16.5. The number of aromatic nitrogens is 2. The fourth-order valence-corrected chi connectivity index (χ4v) is 3.30. The van der Waals surface area contributed by atoms with Crippen LogP contribution in [0.25, 0.3) is 11.0 Å². The molecule has 1 amide bonds. The first-order valence-corrected chi connectivity index (χ1v) is 8.77. The molecule has 1 saturated heterocycles. The maximum atomic E-state index is 12.7. The van der Waals surface area contributed by atoms with E-state index in [1.807, 2.05) is 6.92 Å². The first-order valence-electron chi connectivity index (χ1n) is 8.77. The SMILES string of the molecule is CCn1c(=O)[nH]c2cc(C(=O)N3CC(Oc4cccc(C#N)c4)C3)ccc21. The van der Waals surface area contributed by atoms with Gasteiger partial charge in [-0.25, -0.2) is 4.79 Å². The number of nitrogens with one attached hydrogen (secondary N) is 1. The van der Waals surface area contributed by atoms with E-state index in [0.717, 1.165) is 5.52 Å². The molecular formula is C20H18N4O3. The van der Waals surface area contributed by atoms with Gasteiger partial charge >= 0.3 is 5.69 Å². The first kappa shape index (κ1) is 16.9. The van der Waals surface area contributed by atoms with Gasteiger partial charge in [0, 0.05) is 12.1 Å². The summed E-state index contributed by atoms with van der Waals surface area (Å²) in [7, 11) is 0. The Balaban J connectivity index is 1.43. The number of carbonyl (C=O) groups excluding carboxylic acids is 1. The highest BCUT2D eigenvalue weighted by Gasteiger charge is 2.33. The largest absolute Gasteiger partial charge is 0.487 e. The van der Waals surface area contributed by atoms with Gasteiger partial charge in [-0.15, -0.1) is 0 Å². The minimum absolute atomic E-state index is 0.0902. The number of rotatable bonds is 4. The van der Waals surface area contributed by atoms with Crippen LogP contribution in [0.1, 0.15) is 22.8 Å². The summed E-state index contributed by atoms with van der Waals surface area (Å²) >= 11 is 0. The van der Waals surface area contributed by atoms with Crippen LogP contribution >= 0.6 is 0 Å². The molecule has 7 heteroatoms. The minimum atomic E-state index is -0.172. The van der Waals surface area contributed by atoms with Gasteiger partial charge in [-0.2, -0.15) is 5.26 Å². The van der Waals surface area contributed by atoms with Gasteiger partial charge in [0.2, 0.25) is 0 Å². The van der Waals surface area contributed by atoms with Gasteiger partial charge in [-0.3, -0.25) is 9.36 Å². The second-order valence-electron chi connectivity index (χ2n) is 6.50. The molecular weight excluding hydrogens is 344 g/mol. The lowest BCUT2D eigenvalue weighted by atomic mass is 10.1. The number of hydrogen-bond donors (Lipinski definition) is 1. The van der Waals surface area contributed by atoms with Crippen LogP contribution in [0.2, 0.25) is 0 Å². The minimum Gasteiger partial charge on any atom is -0.487 e. The summed E-state index contributed by atoms with van der Waals surface area (Å²) < 4.78 is 7.45. The van der Waals surface area contributed by atoms with Crippen molar-refractivity contribution >= 4 is 16.9 Å². The van der Waals surface area contributed by atoms with Crippen molar-refractivity contribution in [1.29, 1.82) is 5.26 Å². The molecule has 0 radical (unpaired) electrons. The average molecular weight is 362 g/mol. The van der Waals surface area contributed by atoms with Gasteiger partial charge in [-0.1, -0.05) is 6.07 Å². The molecule has 1 aliphatic rings. The molecule has 2 heterocycles. The van der Waals surface area contributed by atoms with Crippen LogP contribution in [0.5, 0.6) is 5.75 Å². The molecule has 3 aromatic rings. The molecule has 27 heavy (non-hydrogen) atoms. The zero-order chi connectivity index (χ0) is 19.0. The maximum absolute atomic E-state index is 12.7. The van der Waals surface area contributed by atoms with Crippen molar-refractivity contribution < 1.29 is 9.53 Å². The number of benzene rings is 2. The lowest BCUT2D eigenvalue weighted by molar-refractivity contribution is 0.0178. The third kappa shape index (κ3) is 3.06. The second-order valence-corrected chi connectivity index (χ2v) is 6.50. The van der Waals surface area contributed by atoms with Crippen LogP contribution in [0, 0.1) is 11.3 Å². The summed E-state index contributed by atoms with van der Waals surface area (Å²) in [5.74, 6) is 0.540. The molecule has 0 unspecified atom stereocenters. The maximum Gasteiger partial charge on any atom is 0.326 e. The lowest BCUT2D eigenvalue weighted by Crippen LogP contribution is -2.56. The van der Waals surface area contributed by atoms with E-state index in [1.54, 1.807) is 51.9 Å². The molecule has 2 aromatic carbocycles. The summed E-state index contributed by atoms with van der Waals surface area (Å²) in [6.45, 7) is 3.45. The van der Waals surface area contributed by atoms with Gasteiger partial charge in [0.25, 0.3) is 5.91 Å². The number of likely N-dealkylation sites (tertiary alicyclic amines) is 1. The Morgan fingerprint density at radius 1 is 1.30 bits per heavy atom. The van der Waals surface area contributed by atoms with Gasteiger partial charge in [0.1, 0.15) is 11.9 Å². The normalized spacial score (nSPS) is 14.0.